The van der Waals surface area contributed by atoms with Gasteiger partial charge < -0.3 is 5.32 Å². The van der Waals surface area contributed by atoms with Gasteiger partial charge in [-0.1, -0.05) is 17.8 Å². The molecule has 102 valence electrons. The zero-order chi connectivity index (χ0) is 14.1. The molecule has 2 heterocycles. The monoisotopic (exact) mass is 301 g/mol. The molecule has 0 fully saturated rings. The Kier molecular flexibility index (Phi) is 3.63. The molecule has 1 N–H and O–H groups in total. The van der Waals surface area contributed by atoms with Crippen molar-refractivity contribution in [1.29, 1.82) is 0 Å². The number of rotatable bonds is 3. The van der Waals surface area contributed by atoms with Gasteiger partial charge in [-0.25, -0.2) is 9.97 Å². The standard InChI is InChI=1S/C15H15N3S2/c1-9-4-5-11(8-10(9)2)20-14-12-6-7-19-13(12)17-15(16-3)18-14/h4-8H,1-3H3,(H,16,17,18). The van der Waals surface area contributed by atoms with E-state index in [4.69, 9.17) is 0 Å². The molecule has 0 aliphatic heterocycles. The number of nitrogens with zero attached hydrogens (tertiary/aromatic N) is 2. The molecule has 0 saturated carbocycles. The number of aromatic nitrogens is 2. The highest BCUT2D eigenvalue weighted by atomic mass is 32.2. The largest absolute Gasteiger partial charge is 0.357 e. The second-order valence-corrected chi connectivity index (χ2v) is 6.55. The number of fused-ring (bicyclic) bond motifs is 1. The average Bonchev–Trinajstić information content (AvgIpc) is 2.91. The summed E-state index contributed by atoms with van der Waals surface area (Å²) in [4.78, 5) is 11.3. The van der Waals surface area contributed by atoms with Gasteiger partial charge >= 0.3 is 0 Å². The summed E-state index contributed by atoms with van der Waals surface area (Å²) in [5.74, 6) is 0.672. The zero-order valence-electron chi connectivity index (χ0n) is 11.6. The molecule has 0 aliphatic carbocycles. The second kappa shape index (κ2) is 5.42. The average molecular weight is 301 g/mol. The van der Waals surface area contributed by atoms with Crippen molar-refractivity contribution in [1.82, 2.24) is 9.97 Å². The van der Waals surface area contributed by atoms with Crippen molar-refractivity contribution >= 4 is 39.3 Å². The van der Waals surface area contributed by atoms with Crippen molar-refractivity contribution in [3.63, 3.8) is 0 Å². The first kappa shape index (κ1) is 13.4. The van der Waals surface area contributed by atoms with Gasteiger partial charge in [-0.05, 0) is 48.6 Å². The van der Waals surface area contributed by atoms with Gasteiger partial charge in [-0.2, -0.15) is 0 Å². The van der Waals surface area contributed by atoms with Crippen LogP contribution < -0.4 is 5.32 Å². The third-order valence-corrected chi connectivity index (χ3v) is 5.01. The minimum atomic E-state index is 0.672. The number of anilines is 1. The maximum Gasteiger partial charge on any atom is 0.224 e. The predicted molar refractivity (Wildman–Crippen MR) is 87.0 cm³/mol. The van der Waals surface area contributed by atoms with E-state index in [0.717, 1.165) is 15.2 Å². The van der Waals surface area contributed by atoms with Crippen LogP contribution in [0, 0.1) is 13.8 Å². The first-order chi connectivity index (χ1) is 9.67. The molecule has 0 amide bonds. The van der Waals surface area contributed by atoms with Gasteiger partial charge in [0.2, 0.25) is 5.95 Å². The first-order valence-corrected chi connectivity index (χ1v) is 8.05. The van der Waals surface area contributed by atoms with Crippen LogP contribution in [-0.2, 0) is 0 Å². The van der Waals surface area contributed by atoms with Crippen LogP contribution in [0.2, 0.25) is 0 Å². The van der Waals surface area contributed by atoms with Gasteiger partial charge in [0, 0.05) is 17.3 Å². The Balaban J connectivity index is 2.04. The number of nitrogens with one attached hydrogen (secondary N) is 1. The van der Waals surface area contributed by atoms with E-state index < -0.39 is 0 Å². The van der Waals surface area contributed by atoms with Crippen LogP contribution in [0.3, 0.4) is 0 Å². The summed E-state index contributed by atoms with van der Waals surface area (Å²) in [6.45, 7) is 4.27. The molecule has 0 saturated heterocycles. The summed E-state index contributed by atoms with van der Waals surface area (Å²) in [5.41, 5.74) is 2.62. The Labute approximate surface area is 126 Å². The van der Waals surface area contributed by atoms with Gasteiger partial charge in [-0.3, -0.25) is 0 Å². The van der Waals surface area contributed by atoms with Crippen LogP contribution in [0.5, 0.6) is 0 Å². The highest BCUT2D eigenvalue weighted by Crippen LogP contribution is 2.34. The highest BCUT2D eigenvalue weighted by Gasteiger charge is 2.10. The predicted octanol–water partition coefficient (Wildman–Crippen LogP) is 4.50. The minimum absolute atomic E-state index is 0.672. The van der Waals surface area contributed by atoms with Crippen molar-refractivity contribution in [3.8, 4) is 0 Å². The van der Waals surface area contributed by atoms with Gasteiger partial charge in [0.15, 0.2) is 0 Å². The van der Waals surface area contributed by atoms with Crippen molar-refractivity contribution in [2.75, 3.05) is 12.4 Å². The van der Waals surface area contributed by atoms with Crippen LogP contribution in [0.15, 0.2) is 39.6 Å². The lowest BCUT2D eigenvalue weighted by Crippen LogP contribution is -1.97. The van der Waals surface area contributed by atoms with E-state index in [1.54, 1.807) is 23.1 Å². The van der Waals surface area contributed by atoms with E-state index in [1.165, 1.54) is 16.0 Å². The van der Waals surface area contributed by atoms with Crippen LogP contribution in [0.1, 0.15) is 11.1 Å². The fourth-order valence-electron chi connectivity index (χ4n) is 1.91. The lowest BCUT2D eigenvalue weighted by atomic mass is 10.1. The molecule has 3 rings (SSSR count). The van der Waals surface area contributed by atoms with Gasteiger partial charge in [0.25, 0.3) is 0 Å². The van der Waals surface area contributed by atoms with Crippen LogP contribution in [-0.4, -0.2) is 17.0 Å². The van der Waals surface area contributed by atoms with E-state index in [0.29, 0.717) is 5.95 Å². The molecular formula is C15H15N3S2. The lowest BCUT2D eigenvalue weighted by molar-refractivity contribution is 1.10. The summed E-state index contributed by atoms with van der Waals surface area (Å²) in [6, 6.07) is 8.59. The SMILES string of the molecule is CNc1nc(Sc2ccc(C)c(C)c2)c2ccsc2n1. The van der Waals surface area contributed by atoms with E-state index >= 15 is 0 Å². The van der Waals surface area contributed by atoms with Crippen molar-refractivity contribution in [2.45, 2.75) is 23.8 Å². The van der Waals surface area contributed by atoms with E-state index in [2.05, 4.69) is 58.8 Å². The Hall–Kier alpha value is -1.59. The Bertz CT molecular complexity index is 765. The Morgan fingerprint density at radius 2 is 1.95 bits per heavy atom. The molecule has 20 heavy (non-hydrogen) atoms. The summed E-state index contributed by atoms with van der Waals surface area (Å²) in [5, 5.41) is 7.21. The molecule has 0 radical (unpaired) electrons. The lowest BCUT2D eigenvalue weighted by Gasteiger charge is -2.07. The number of hydrogen-bond donors (Lipinski definition) is 1. The molecule has 0 aliphatic rings. The molecule has 3 nitrogen and oxygen atoms in total. The maximum atomic E-state index is 4.59. The van der Waals surface area contributed by atoms with E-state index in [-0.39, 0.29) is 0 Å². The number of benzene rings is 1. The molecule has 5 heteroatoms. The molecule has 1 aromatic carbocycles. The number of aryl methyl sites for hydroxylation is 2. The molecular weight excluding hydrogens is 286 g/mol. The Morgan fingerprint density at radius 1 is 1.10 bits per heavy atom. The van der Waals surface area contributed by atoms with Gasteiger partial charge in [0.05, 0.1) is 0 Å². The first-order valence-electron chi connectivity index (χ1n) is 6.35. The van der Waals surface area contributed by atoms with Crippen LogP contribution in [0.25, 0.3) is 10.2 Å². The molecule has 0 unspecified atom stereocenters. The minimum Gasteiger partial charge on any atom is -0.357 e. The van der Waals surface area contributed by atoms with Crippen LogP contribution in [0.4, 0.5) is 5.95 Å². The quantitative estimate of drug-likeness (QED) is 0.723. The van der Waals surface area contributed by atoms with Crippen LogP contribution >= 0.6 is 23.1 Å². The summed E-state index contributed by atoms with van der Waals surface area (Å²) < 4.78 is 0. The van der Waals surface area contributed by atoms with Crippen molar-refractivity contribution in [2.24, 2.45) is 0 Å². The summed E-state index contributed by atoms with van der Waals surface area (Å²) in [6.07, 6.45) is 0. The third-order valence-electron chi connectivity index (χ3n) is 3.21. The summed E-state index contributed by atoms with van der Waals surface area (Å²) in [7, 11) is 1.85. The van der Waals surface area contributed by atoms with Crippen molar-refractivity contribution < 1.29 is 0 Å². The van der Waals surface area contributed by atoms with E-state index in [1.807, 2.05) is 7.05 Å². The van der Waals surface area contributed by atoms with Crippen molar-refractivity contribution in [3.05, 3.63) is 40.8 Å². The maximum absolute atomic E-state index is 4.59. The molecule has 0 atom stereocenters. The Morgan fingerprint density at radius 3 is 2.70 bits per heavy atom. The normalized spacial score (nSPS) is 10.9. The number of thiophene rings is 1. The second-order valence-electron chi connectivity index (χ2n) is 4.59. The molecule has 3 aromatic rings. The molecule has 0 bridgehead atoms. The highest BCUT2D eigenvalue weighted by molar-refractivity contribution is 7.99. The number of hydrogen-bond acceptors (Lipinski definition) is 5. The topological polar surface area (TPSA) is 37.8 Å². The third kappa shape index (κ3) is 2.51. The zero-order valence-corrected chi connectivity index (χ0v) is 13.2. The molecule has 2 aromatic heterocycles. The van der Waals surface area contributed by atoms with Gasteiger partial charge in [0.1, 0.15) is 9.86 Å². The fourth-order valence-corrected chi connectivity index (χ4v) is 3.74. The fraction of sp³-hybridized carbons (Fsp3) is 0.200. The smallest absolute Gasteiger partial charge is 0.224 e. The van der Waals surface area contributed by atoms with Gasteiger partial charge in [-0.15, -0.1) is 11.3 Å². The molecule has 0 spiro atoms. The van der Waals surface area contributed by atoms with E-state index in [9.17, 15) is 0 Å². The summed E-state index contributed by atoms with van der Waals surface area (Å²) >= 11 is 3.33.